The van der Waals surface area contributed by atoms with E-state index in [1.54, 1.807) is 0 Å². The maximum Gasteiger partial charge on any atom is 0.417 e. The van der Waals surface area contributed by atoms with Crippen LogP contribution in [0, 0.1) is 11.3 Å². The molecule has 0 saturated carbocycles. The number of hydrogen-bond donors (Lipinski definition) is 0. The first-order valence-corrected chi connectivity index (χ1v) is 4.29. The number of alkyl halides is 6. The van der Waals surface area contributed by atoms with Gasteiger partial charge >= 0.3 is 12.4 Å². The number of aldehydes is 1. The van der Waals surface area contributed by atoms with Gasteiger partial charge in [-0.3, -0.25) is 4.79 Å². The maximum atomic E-state index is 12.5. The van der Waals surface area contributed by atoms with Gasteiger partial charge in [-0.1, -0.05) is 0 Å². The summed E-state index contributed by atoms with van der Waals surface area (Å²) in [5.74, 6) is 0. The van der Waals surface area contributed by atoms with Crippen molar-refractivity contribution in [3.8, 4) is 6.07 Å². The number of carbonyl (C=O) groups excluding carboxylic acids is 1. The van der Waals surface area contributed by atoms with Crippen LogP contribution in [0.15, 0.2) is 12.1 Å². The van der Waals surface area contributed by atoms with Crippen molar-refractivity contribution in [3.05, 3.63) is 34.4 Å². The fourth-order valence-electron chi connectivity index (χ4n) is 1.27. The minimum absolute atomic E-state index is 0.190. The number of carbonyl (C=O) groups is 1. The summed E-state index contributed by atoms with van der Waals surface area (Å²) in [7, 11) is 0. The van der Waals surface area contributed by atoms with E-state index >= 15 is 0 Å². The van der Waals surface area contributed by atoms with Crippen LogP contribution < -0.4 is 0 Å². The average molecular weight is 267 g/mol. The SMILES string of the molecule is N#Cc1cc(C(F)(F)F)cc(C(F)(F)F)c1C=O. The Labute approximate surface area is 96.4 Å². The highest BCUT2D eigenvalue weighted by Crippen LogP contribution is 2.38. The lowest BCUT2D eigenvalue weighted by molar-refractivity contribution is -0.143. The Morgan fingerprint density at radius 3 is 1.94 bits per heavy atom. The van der Waals surface area contributed by atoms with E-state index in [1.165, 1.54) is 0 Å². The van der Waals surface area contributed by atoms with E-state index < -0.39 is 34.6 Å². The molecule has 0 atom stereocenters. The molecule has 0 saturated heterocycles. The number of benzene rings is 1. The molecule has 2 nitrogen and oxygen atoms in total. The first-order valence-electron chi connectivity index (χ1n) is 4.29. The number of hydrogen-bond acceptors (Lipinski definition) is 2. The van der Waals surface area contributed by atoms with Gasteiger partial charge in [-0.2, -0.15) is 31.6 Å². The summed E-state index contributed by atoms with van der Waals surface area (Å²) in [5, 5.41) is 8.49. The molecule has 0 radical (unpaired) electrons. The highest BCUT2D eigenvalue weighted by atomic mass is 19.4. The fourth-order valence-corrected chi connectivity index (χ4v) is 1.27. The highest BCUT2D eigenvalue weighted by molar-refractivity contribution is 5.82. The van der Waals surface area contributed by atoms with Crippen LogP contribution in [-0.4, -0.2) is 6.29 Å². The molecular weight excluding hydrogens is 264 g/mol. The average Bonchev–Trinajstić information content (AvgIpc) is 2.24. The predicted molar refractivity (Wildman–Crippen MR) is 46.5 cm³/mol. The molecule has 0 spiro atoms. The lowest BCUT2D eigenvalue weighted by atomic mass is 9.98. The molecule has 1 aromatic rings. The minimum Gasteiger partial charge on any atom is -0.298 e. The molecule has 96 valence electrons. The lowest BCUT2D eigenvalue weighted by Gasteiger charge is -2.14. The molecule has 0 aliphatic carbocycles. The van der Waals surface area contributed by atoms with Crippen LogP contribution in [0.5, 0.6) is 0 Å². The van der Waals surface area contributed by atoms with Gasteiger partial charge in [0.15, 0.2) is 6.29 Å². The van der Waals surface area contributed by atoms with Crippen LogP contribution in [0.3, 0.4) is 0 Å². The first-order chi connectivity index (χ1) is 8.11. The third-order valence-corrected chi connectivity index (χ3v) is 2.05. The van der Waals surface area contributed by atoms with Gasteiger partial charge in [-0.25, -0.2) is 0 Å². The molecule has 1 aromatic carbocycles. The Bertz CT molecular complexity index is 523. The highest BCUT2D eigenvalue weighted by Gasteiger charge is 2.39. The van der Waals surface area contributed by atoms with E-state index in [4.69, 9.17) is 5.26 Å². The Kier molecular flexibility index (Phi) is 3.37. The molecule has 0 aliphatic heterocycles. The van der Waals surface area contributed by atoms with E-state index in [0.29, 0.717) is 0 Å². The van der Waals surface area contributed by atoms with Crippen molar-refractivity contribution in [3.63, 3.8) is 0 Å². The molecule has 0 heterocycles. The Morgan fingerprint density at radius 2 is 1.61 bits per heavy atom. The summed E-state index contributed by atoms with van der Waals surface area (Å²) in [4.78, 5) is 10.5. The van der Waals surface area contributed by atoms with Crippen LogP contribution in [0.2, 0.25) is 0 Å². The number of nitriles is 1. The summed E-state index contributed by atoms with van der Waals surface area (Å²) in [6.45, 7) is 0. The van der Waals surface area contributed by atoms with Crippen molar-refractivity contribution in [2.75, 3.05) is 0 Å². The van der Waals surface area contributed by atoms with Gasteiger partial charge in [-0.15, -0.1) is 0 Å². The molecule has 0 N–H and O–H groups in total. The first kappa shape index (κ1) is 14.0. The third-order valence-electron chi connectivity index (χ3n) is 2.05. The summed E-state index contributed by atoms with van der Waals surface area (Å²) in [6.07, 6.45) is -10.5. The van der Waals surface area contributed by atoms with Gasteiger partial charge in [0.1, 0.15) is 0 Å². The molecule has 18 heavy (non-hydrogen) atoms. The second-order valence-electron chi connectivity index (χ2n) is 3.21. The Balaban J connectivity index is 3.69. The maximum absolute atomic E-state index is 12.5. The summed E-state index contributed by atoms with van der Waals surface area (Å²) in [5.41, 5.74) is -5.47. The van der Waals surface area contributed by atoms with Crippen molar-refractivity contribution in [1.29, 1.82) is 5.26 Å². The third kappa shape index (κ3) is 2.61. The topological polar surface area (TPSA) is 40.9 Å². The molecule has 0 amide bonds. The van der Waals surface area contributed by atoms with Crippen molar-refractivity contribution < 1.29 is 31.1 Å². The molecule has 0 bridgehead atoms. The summed E-state index contributed by atoms with van der Waals surface area (Å²) >= 11 is 0. The van der Waals surface area contributed by atoms with Gasteiger partial charge < -0.3 is 0 Å². The van der Waals surface area contributed by atoms with Crippen LogP contribution in [0.25, 0.3) is 0 Å². The lowest BCUT2D eigenvalue weighted by Crippen LogP contribution is -2.15. The van der Waals surface area contributed by atoms with Gasteiger partial charge in [-0.05, 0) is 12.1 Å². The quantitative estimate of drug-likeness (QED) is 0.578. The van der Waals surface area contributed by atoms with Gasteiger partial charge in [0.2, 0.25) is 0 Å². The Morgan fingerprint density at radius 1 is 1.06 bits per heavy atom. The van der Waals surface area contributed by atoms with Crippen molar-refractivity contribution in [2.24, 2.45) is 0 Å². The second kappa shape index (κ2) is 4.33. The predicted octanol–water partition coefficient (Wildman–Crippen LogP) is 3.41. The van der Waals surface area contributed by atoms with Gasteiger partial charge in [0, 0.05) is 5.56 Å². The zero-order valence-electron chi connectivity index (χ0n) is 8.36. The molecule has 0 aliphatic rings. The molecule has 8 heteroatoms. The second-order valence-corrected chi connectivity index (χ2v) is 3.21. The molecule has 1 rings (SSSR count). The molecule has 0 fully saturated rings. The Hall–Kier alpha value is -2.04. The number of halogens is 6. The van der Waals surface area contributed by atoms with E-state index in [2.05, 4.69) is 0 Å². The summed E-state index contributed by atoms with van der Waals surface area (Å²) in [6, 6.07) is 1.16. The normalized spacial score (nSPS) is 12.1. The fraction of sp³-hybridized carbons (Fsp3) is 0.200. The standard InChI is InChI=1S/C10H3F6NO/c11-9(12,13)6-1-5(3-17)7(4-18)8(2-6)10(14,15)16/h1-2,4H. The van der Waals surface area contributed by atoms with E-state index in [0.717, 1.165) is 6.07 Å². The largest absolute Gasteiger partial charge is 0.417 e. The van der Waals surface area contributed by atoms with E-state index in [-0.39, 0.29) is 18.4 Å². The molecule has 0 unspecified atom stereocenters. The summed E-state index contributed by atoms with van der Waals surface area (Å²) < 4.78 is 74.5. The molecule has 0 aromatic heterocycles. The van der Waals surface area contributed by atoms with Crippen molar-refractivity contribution in [1.82, 2.24) is 0 Å². The van der Waals surface area contributed by atoms with Crippen LogP contribution >= 0.6 is 0 Å². The zero-order valence-corrected chi connectivity index (χ0v) is 8.36. The smallest absolute Gasteiger partial charge is 0.298 e. The van der Waals surface area contributed by atoms with E-state index in [9.17, 15) is 31.1 Å². The van der Waals surface area contributed by atoms with Gasteiger partial charge in [0.25, 0.3) is 0 Å². The van der Waals surface area contributed by atoms with Gasteiger partial charge in [0.05, 0.1) is 22.8 Å². The number of rotatable bonds is 1. The number of nitrogens with zero attached hydrogens (tertiary/aromatic N) is 1. The van der Waals surface area contributed by atoms with Crippen LogP contribution in [-0.2, 0) is 12.4 Å². The van der Waals surface area contributed by atoms with E-state index in [1.807, 2.05) is 0 Å². The molecular formula is C10H3F6NO. The zero-order chi connectivity index (χ0) is 14.1. The van der Waals surface area contributed by atoms with Crippen molar-refractivity contribution in [2.45, 2.75) is 12.4 Å². The van der Waals surface area contributed by atoms with Crippen LogP contribution in [0.1, 0.15) is 27.0 Å². The monoisotopic (exact) mass is 267 g/mol. The van der Waals surface area contributed by atoms with Crippen molar-refractivity contribution >= 4 is 6.29 Å². The van der Waals surface area contributed by atoms with Crippen LogP contribution in [0.4, 0.5) is 26.3 Å². The minimum atomic E-state index is -5.15.